The molecule has 116 valence electrons. The highest BCUT2D eigenvalue weighted by molar-refractivity contribution is 5.95. The Morgan fingerprint density at radius 2 is 2.24 bits per heavy atom. The van der Waals surface area contributed by atoms with Gasteiger partial charge in [0.1, 0.15) is 11.4 Å². The minimum atomic E-state index is -0.363. The topological polar surface area (TPSA) is 71.7 Å². The van der Waals surface area contributed by atoms with E-state index in [1.807, 2.05) is 0 Å². The maximum atomic E-state index is 12.1. The molecule has 6 heteroatoms. The molecule has 0 radical (unpaired) electrons. The number of esters is 1. The lowest BCUT2D eigenvalue weighted by Gasteiger charge is -2.40. The zero-order chi connectivity index (χ0) is 15.4. The third kappa shape index (κ3) is 3.44. The van der Waals surface area contributed by atoms with Gasteiger partial charge in [0.25, 0.3) is 0 Å². The smallest absolute Gasteiger partial charge is 0.341 e. The van der Waals surface area contributed by atoms with E-state index in [4.69, 9.17) is 10.5 Å². The molecular formula is C15H24N4O2. The van der Waals surface area contributed by atoms with Gasteiger partial charge in [-0.1, -0.05) is 6.92 Å². The van der Waals surface area contributed by atoms with Crippen molar-refractivity contribution in [2.75, 3.05) is 43.4 Å². The van der Waals surface area contributed by atoms with E-state index in [0.717, 1.165) is 26.2 Å². The molecule has 0 aliphatic carbocycles. The number of anilines is 2. The number of rotatable bonds is 4. The van der Waals surface area contributed by atoms with Gasteiger partial charge in [-0.2, -0.15) is 0 Å². The van der Waals surface area contributed by atoms with E-state index in [1.54, 1.807) is 19.2 Å². The van der Waals surface area contributed by atoms with Crippen LogP contribution in [0.15, 0.2) is 12.3 Å². The molecule has 0 amide bonds. The van der Waals surface area contributed by atoms with E-state index in [9.17, 15) is 4.79 Å². The first-order valence-corrected chi connectivity index (χ1v) is 7.48. The third-order valence-corrected chi connectivity index (χ3v) is 3.85. The Labute approximate surface area is 125 Å². The predicted octanol–water partition coefficient (Wildman–Crippen LogP) is 1.37. The van der Waals surface area contributed by atoms with Crippen LogP contribution < -0.4 is 10.6 Å². The summed E-state index contributed by atoms with van der Waals surface area (Å²) in [5, 5.41) is 0. The summed E-state index contributed by atoms with van der Waals surface area (Å²) in [7, 11) is 0. The number of aromatic nitrogens is 1. The number of carbonyl (C=O) groups excluding carboxylic acids is 1. The van der Waals surface area contributed by atoms with Crippen LogP contribution in [0.5, 0.6) is 0 Å². The minimum absolute atomic E-state index is 0.340. The second-order valence-electron chi connectivity index (χ2n) is 5.28. The molecular weight excluding hydrogens is 268 g/mol. The zero-order valence-electron chi connectivity index (χ0n) is 13.0. The molecule has 2 N–H and O–H groups in total. The zero-order valence-corrected chi connectivity index (χ0v) is 13.0. The molecule has 1 saturated heterocycles. The number of ether oxygens (including phenoxy) is 1. The highest BCUT2D eigenvalue weighted by atomic mass is 16.5. The largest absolute Gasteiger partial charge is 0.462 e. The van der Waals surface area contributed by atoms with Crippen LogP contribution in [0.25, 0.3) is 0 Å². The first kappa shape index (κ1) is 15.6. The van der Waals surface area contributed by atoms with Gasteiger partial charge in [0.15, 0.2) is 0 Å². The van der Waals surface area contributed by atoms with Crippen molar-refractivity contribution in [3.8, 4) is 0 Å². The van der Waals surface area contributed by atoms with Crippen molar-refractivity contribution >= 4 is 17.5 Å². The fraction of sp³-hybridized carbons (Fsp3) is 0.600. The first-order valence-electron chi connectivity index (χ1n) is 7.48. The van der Waals surface area contributed by atoms with E-state index in [2.05, 4.69) is 28.6 Å². The normalized spacial score (nSPS) is 19.6. The maximum Gasteiger partial charge on any atom is 0.341 e. The number of carbonyl (C=O) groups is 1. The molecule has 6 nitrogen and oxygen atoms in total. The van der Waals surface area contributed by atoms with Gasteiger partial charge in [-0.05, 0) is 26.5 Å². The predicted molar refractivity (Wildman–Crippen MR) is 83.5 cm³/mol. The molecule has 2 heterocycles. The van der Waals surface area contributed by atoms with Crippen LogP contribution in [-0.4, -0.2) is 54.7 Å². The van der Waals surface area contributed by atoms with Crippen molar-refractivity contribution in [1.82, 2.24) is 9.88 Å². The maximum absolute atomic E-state index is 12.1. The molecule has 21 heavy (non-hydrogen) atoms. The van der Waals surface area contributed by atoms with Gasteiger partial charge >= 0.3 is 5.97 Å². The van der Waals surface area contributed by atoms with Crippen molar-refractivity contribution in [1.29, 1.82) is 0 Å². The Morgan fingerprint density at radius 3 is 2.86 bits per heavy atom. The molecule has 1 fully saturated rings. The van der Waals surface area contributed by atoms with E-state index in [-0.39, 0.29) is 5.97 Å². The quantitative estimate of drug-likeness (QED) is 0.845. The van der Waals surface area contributed by atoms with Crippen LogP contribution >= 0.6 is 0 Å². The number of nitrogens with zero attached hydrogens (tertiary/aromatic N) is 3. The van der Waals surface area contributed by atoms with E-state index in [0.29, 0.717) is 29.7 Å². The van der Waals surface area contributed by atoms with Crippen LogP contribution in [0.2, 0.25) is 0 Å². The van der Waals surface area contributed by atoms with Crippen LogP contribution in [0, 0.1) is 0 Å². The average Bonchev–Trinajstić information content (AvgIpc) is 2.47. The Balaban J connectivity index is 2.25. The molecule has 0 spiro atoms. The van der Waals surface area contributed by atoms with E-state index < -0.39 is 0 Å². The standard InChI is InChI=1S/C15H24N4O2/c1-4-18-6-7-19(10-11(18)3)14-13(15(20)21-5-2)8-12(16)9-17-14/h8-9,11H,4-7,10,16H2,1-3H3. The van der Waals surface area contributed by atoms with Gasteiger partial charge in [0, 0.05) is 25.7 Å². The summed E-state index contributed by atoms with van der Waals surface area (Å²) < 4.78 is 5.11. The van der Waals surface area contributed by atoms with Crippen LogP contribution in [0.1, 0.15) is 31.1 Å². The number of nitrogen functional groups attached to an aromatic ring is 1. The molecule has 0 bridgehead atoms. The van der Waals surface area contributed by atoms with Crippen molar-refractivity contribution in [2.45, 2.75) is 26.8 Å². The van der Waals surface area contributed by atoms with Crippen molar-refractivity contribution in [2.24, 2.45) is 0 Å². The highest BCUT2D eigenvalue weighted by Crippen LogP contribution is 2.23. The van der Waals surface area contributed by atoms with Crippen molar-refractivity contribution in [3.63, 3.8) is 0 Å². The lowest BCUT2D eigenvalue weighted by molar-refractivity contribution is 0.0526. The van der Waals surface area contributed by atoms with Crippen LogP contribution in [-0.2, 0) is 4.74 Å². The summed E-state index contributed by atoms with van der Waals surface area (Å²) in [5.74, 6) is 0.308. The second kappa shape index (κ2) is 6.76. The van der Waals surface area contributed by atoms with Gasteiger partial charge in [0.05, 0.1) is 18.5 Å². The molecule has 1 aromatic heterocycles. The molecule has 1 aromatic rings. The molecule has 1 atom stereocenters. The fourth-order valence-electron chi connectivity index (χ4n) is 2.74. The van der Waals surface area contributed by atoms with E-state index >= 15 is 0 Å². The summed E-state index contributed by atoms with van der Waals surface area (Å²) in [6.07, 6.45) is 1.59. The number of piperazine rings is 1. The molecule has 1 unspecified atom stereocenters. The Kier molecular flexibility index (Phi) is 5.01. The monoisotopic (exact) mass is 292 g/mol. The van der Waals surface area contributed by atoms with Gasteiger partial charge < -0.3 is 15.4 Å². The van der Waals surface area contributed by atoms with Gasteiger partial charge in [0.2, 0.25) is 0 Å². The summed E-state index contributed by atoms with van der Waals surface area (Å²) in [6.45, 7) is 10.2. The summed E-state index contributed by atoms with van der Waals surface area (Å²) in [6, 6.07) is 2.08. The lowest BCUT2D eigenvalue weighted by atomic mass is 10.1. The highest BCUT2D eigenvalue weighted by Gasteiger charge is 2.26. The number of pyridine rings is 1. The Morgan fingerprint density at radius 1 is 1.48 bits per heavy atom. The SMILES string of the molecule is CCOC(=O)c1cc(N)cnc1N1CCN(CC)C(C)C1. The third-order valence-electron chi connectivity index (χ3n) is 3.85. The average molecular weight is 292 g/mol. The fourth-order valence-corrected chi connectivity index (χ4v) is 2.74. The minimum Gasteiger partial charge on any atom is -0.462 e. The molecule has 0 aromatic carbocycles. The van der Waals surface area contributed by atoms with E-state index in [1.165, 1.54) is 0 Å². The second-order valence-corrected chi connectivity index (χ2v) is 5.28. The van der Waals surface area contributed by atoms with Crippen molar-refractivity contribution in [3.05, 3.63) is 17.8 Å². The number of nitrogens with two attached hydrogens (primary N) is 1. The number of hydrogen-bond donors (Lipinski definition) is 1. The molecule has 2 rings (SSSR count). The molecule has 1 aliphatic heterocycles. The summed E-state index contributed by atoms with van der Waals surface area (Å²) >= 11 is 0. The summed E-state index contributed by atoms with van der Waals surface area (Å²) in [4.78, 5) is 21.0. The Bertz CT molecular complexity index is 506. The van der Waals surface area contributed by atoms with Gasteiger partial charge in [-0.15, -0.1) is 0 Å². The van der Waals surface area contributed by atoms with Crippen LogP contribution in [0.3, 0.4) is 0 Å². The molecule has 0 saturated carbocycles. The van der Waals surface area contributed by atoms with Crippen LogP contribution in [0.4, 0.5) is 11.5 Å². The Hall–Kier alpha value is -1.82. The van der Waals surface area contributed by atoms with Gasteiger partial charge in [-0.25, -0.2) is 9.78 Å². The first-order chi connectivity index (χ1) is 10.1. The number of likely N-dealkylation sites (N-methyl/N-ethyl adjacent to an activating group) is 1. The van der Waals surface area contributed by atoms with Crippen molar-refractivity contribution < 1.29 is 9.53 Å². The lowest BCUT2D eigenvalue weighted by Crippen LogP contribution is -2.52. The molecule has 1 aliphatic rings. The number of hydrogen-bond acceptors (Lipinski definition) is 6. The summed E-state index contributed by atoms with van der Waals surface area (Å²) in [5.41, 5.74) is 6.69. The van der Waals surface area contributed by atoms with Gasteiger partial charge in [-0.3, -0.25) is 4.90 Å².